The molecule has 0 saturated heterocycles. The maximum Gasteiger partial charge on any atom is 0.188 e. The maximum absolute atomic E-state index is 12.9. The van der Waals surface area contributed by atoms with Gasteiger partial charge >= 0.3 is 0 Å². The Morgan fingerprint density at radius 3 is 2.56 bits per heavy atom. The largest absolute Gasteiger partial charge is 0.369 e. The maximum atomic E-state index is 12.9. The highest BCUT2D eigenvalue weighted by molar-refractivity contribution is 5.96. The number of ketones is 1. The summed E-state index contributed by atoms with van der Waals surface area (Å²) in [6, 6.07) is 15.1. The normalized spacial score (nSPS) is 10.3. The Balaban J connectivity index is 1.84. The van der Waals surface area contributed by atoms with E-state index >= 15 is 0 Å². The molecule has 0 aromatic heterocycles. The molecule has 0 aliphatic heterocycles. The van der Waals surface area contributed by atoms with Crippen molar-refractivity contribution in [1.82, 2.24) is 0 Å². The summed E-state index contributed by atoms with van der Waals surface area (Å²) in [5.74, 6) is -0.377. The van der Waals surface area contributed by atoms with E-state index in [0.29, 0.717) is 5.56 Å². The predicted octanol–water partition coefficient (Wildman–Crippen LogP) is 3.23. The van der Waals surface area contributed by atoms with Gasteiger partial charge in [-0.2, -0.15) is 0 Å². The van der Waals surface area contributed by atoms with Crippen molar-refractivity contribution < 1.29 is 13.9 Å². The van der Waals surface area contributed by atoms with E-state index in [2.05, 4.69) is 0 Å². The third-order valence-electron chi connectivity index (χ3n) is 2.49. The van der Waals surface area contributed by atoms with Crippen molar-refractivity contribution in [2.24, 2.45) is 0 Å². The van der Waals surface area contributed by atoms with Gasteiger partial charge in [0.1, 0.15) is 12.4 Å². The number of carbonyl (C=O) groups is 1. The van der Waals surface area contributed by atoms with Gasteiger partial charge in [-0.3, -0.25) is 4.79 Å². The molecule has 0 amide bonds. The second-order valence-corrected chi connectivity index (χ2v) is 3.91. The Morgan fingerprint density at radius 2 is 1.83 bits per heavy atom. The summed E-state index contributed by atoms with van der Waals surface area (Å²) >= 11 is 0. The number of carbonyl (C=O) groups excluding carboxylic acids is 1. The molecule has 0 atom stereocenters. The van der Waals surface area contributed by atoms with Crippen LogP contribution >= 0.6 is 0 Å². The van der Waals surface area contributed by atoms with Gasteiger partial charge in [0.05, 0.1) is 6.61 Å². The average Bonchev–Trinajstić information content (AvgIpc) is 2.40. The standard InChI is InChI=1S/C15H13FO2/c16-14-8-4-5-12(9-14)10-18-11-15(17)13-6-2-1-3-7-13/h1-9H,10-11H2. The molecule has 2 aromatic rings. The summed E-state index contributed by atoms with van der Waals surface area (Å²) in [7, 11) is 0. The molecule has 0 spiro atoms. The van der Waals surface area contributed by atoms with Crippen LogP contribution in [-0.4, -0.2) is 12.4 Å². The van der Waals surface area contributed by atoms with Crippen molar-refractivity contribution in [3.05, 3.63) is 71.5 Å². The van der Waals surface area contributed by atoms with Gasteiger partial charge in [-0.05, 0) is 17.7 Å². The lowest BCUT2D eigenvalue weighted by Crippen LogP contribution is -2.08. The highest BCUT2D eigenvalue weighted by Crippen LogP contribution is 2.06. The van der Waals surface area contributed by atoms with Gasteiger partial charge in [-0.1, -0.05) is 42.5 Å². The molecule has 3 heteroatoms. The molecular weight excluding hydrogens is 231 g/mol. The van der Waals surface area contributed by atoms with E-state index in [0.717, 1.165) is 5.56 Å². The molecule has 0 heterocycles. The van der Waals surface area contributed by atoms with Crippen LogP contribution in [0.5, 0.6) is 0 Å². The van der Waals surface area contributed by atoms with Crippen LogP contribution in [0.2, 0.25) is 0 Å². The van der Waals surface area contributed by atoms with E-state index in [4.69, 9.17) is 4.74 Å². The van der Waals surface area contributed by atoms with Crippen molar-refractivity contribution in [3.8, 4) is 0 Å². The van der Waals surface area contributed by atoms with Crippen LogP contribution in [0.4, 0.5) is 4.39 Å². The van der Waals surface area contributed by atoms with Gasteiger partial charge in [0.2, 0.25) is 0 Å². The first-order chi connectivity index (χ1) is 8.75. The SMILES string of the molecule is O=C(COCc1cccc(F)c1)c1ccccc1. The number of Topliss-reactive ketones (excluding diaryl/α,β-unsaturated/α-hetero) is 1. The van der Waals surface area contributed by atoms with Crippen LogP contribution in [0.25, 0.3) is 0 Å². The fourth-order valence-electron chi connectivity index (χ4n) is 1.60. The summed E-state index contributed by atoms with van der Waals surface area (Å²) in [6.07, 6.45) is 0. The molecule has 0 unspecified atom stereocenters. The summed E-state index contributed by atoms with van der Waals surface area (Å²) in [6.45, 7) is 0.233. The highest BCUT2D eigenvalue weighted by Gasteiger charge is 2.05. The number of ether oxygens (including phenoxy) is 1. The lowest BCUT2D eigenvalue weighted by Gasteiger charge is -2.04. The fourth-order valence-corrected chi connectivity index (χ4v) is 1.60. The van der Waals surface area contributed by atoms with Gasteiger partial charge in [0.25, 0.3) is 0 Å². The van der Waals surface area contributed by atoms with Crippen molar-refractivity contribution in [2.75, 3.05) is 6.61 Å². The minimum atomic E-state index is -0.300. The highest BCUT2D eigenvalue weighted by atomic mass is 19.1. The predicted molar refractivity (Wildman–Crippen MR) is 66.8 cm³/mol. The first kappa shape index (κ1) is 12.5. The van der Waals surface area contributed by atoms with E-state index in [9.17, 15) is 9.18 Å². The third-order valence-corrected chi connectivity index (χ3v) is 2.49. The Kier molecular flexibility index (Phi) is 4.20. The quantitative estimate of drug-likeness (QED) is 0.755. The van der Waals surface area contributed by atoms with Crippen molar-refractivity contribution in [3.63, 3.8) is 0 Å². The third kappa shape index (κ3) is 3.50. The van der Waals surface area contributed by atoms with Gasteiger partial charge < -0.3 is 4.74 Å². The Hall–Kier alpha value is -2.00. The lowest BCUT2D eigenvalue weighted by atomic mass is 10.1. The molecule has 2 nitrogen and oxygen atoms in total. The van der Waals surface area contributed by atoms with E-state index in [1.807, 2.05) is 6.07 Å². The molecule has 0 fully saturated rings. The Morgan fingerprint density at radius 1 is 1.06 bits per heavy atom. The van der Waals surface area contributed by atoms with Crippen LogP contribution in [-0.2, 0) is 11.3 Å². The second-order valence-electron chi connectivity index (χ2n) is 3.91. The Bertz CT molecular complexity index is 523. The van der Waals surface area contributed by atoms with Crippen LogP contribution in [0, 0.1) is 5.82 Å². The zero-order valence-electron chi connectivity index (χ0n) is 9.80. The van der Waals surface area contributed by atoms with Crippen LogP contribution in [0.1, 0.15) is 15.9 Å². The molecule has 0 aliphatic rings. The minimum absolute atomic E-state index is 0.000522. The molecule has 0 radical (unpaired) electrons. The molecule has 2 rings (SSSR count). The summed E-state index contributed by atoms with van der Waals surface area (Å²) in [5.41, 5.74) is 1.34. The molecule has 92 valence electrons. The van der Waals surface area contributed by atoms with Crippen molar-refractivity contribution >= 4 is 5.78 Å². The zero-order chi connectivity index (χ0) is 12.8. The number of rotatable bonds is 5. The van der Waals surface area contributed by atoms with Crippen LogP contribution in [0.15, 0.2) is 54.6 Å². The van der Waals surface area contributed by atoms with Gasteiger partial charge in [0, 0.05) is 5.56 Å². The molecule has 0 N–H and O–H groups in total. The zero-order valence-corrected chi connectivity index (χ0v) is 9.80. The number of hydrogen-bond donors (Lipinski definition) is 0. The fraction of sp³-hybridized carbons (Fsp3) is 0.133. The smallest absolute Gasteiger partial charge is 0.188 e. The first-order valence-electron chi connectivity index (χ1n) is 5.66. The molecule has 0 saturated carbocycles. The van der Waals surface area contributed by atoms with E-state index in [1.165, 1.54) is 12.1 Å². The first-order valence-corrected chi connectivity index (χ1v) is 5.66. The van der Waals surface area contributed by atoms with Gasteiger partial charge in [-0.15, -0.1) is 0 Å². The van der Waals surface area contributed by atoms with Crippen LogP contribution in [0.3, 0.4) is 0 Å². The summed E-state index contributed by atoms with van der Waals surface area (Å²) in [5, 5.41) is 0. The number of halogens is 1. The average molecular weight is 244 g/mol. The second kappa shape index (κ2) is 6.07. The van der Waals surface area contributed by atoms with E-state index < -0.39 is 0 Å². The lowest BCUT2D eigenvalue weighted by molar-refractivity contribution is 0.0726. The molecular formula is C15H13FO2. The van der Waals surface area contributed by atoms with Crippen molar-refractivity contribution in [2.45, 2.75) is 6.61 Å². The van der Waals surface area contributed by atoms with Crippen LogP contribution < -0.4 is 0 Å². The molecule has 2 aromatic carbocycles. The molecule has 0 aliphatic carbocycles. The minimum Gasteiger partial charge on any atom is -0.369 e. The Labute approximate surface area is 105 Å². The number of hydrogen-bond acceptors (Lipinski definition) is 2. The van der Waals surface area contributed by atoms with E-state index in [-0.39, 0.29) is 24.8 Å². The van der Waals surface area contributed by atoms with Crippen molar-refractivity contribution in [1.29, 1.82) is 0 Å². The van der Waals surface area contributed by atoms with Gasteiger partial charge in [0.15, 0.2) is 5.78 Å². The topological polar surface area (TPSA) is 26.3 Å². The summed E-state index contributed by atoms with van der Waals surface area (Å²) < 4.78 is 18.2. The monoisotopic (exact) mass is 244 g/mol. The van der Waals surface area contributed by atoms with E-state index in [1.54, 1.807) is 36.4 Å². The molecule has 0 bridgehead atoms. The summed E-state index contributed by atoms with van der Waals surface area (Å²) in [4.78, 5) is 11.7. The number of benzene rings is 2. The van der Waals surface area contributed by atoms with Gasteiger partial charge in [-0.25, -0.2) is 4.39 Å². The molecule has 18 heavy (non-hydrogen) atoms.